The van der Waals surface area contributed by atoms with E-state index in [2.05, 4.69) is 5.10 Å². The van der Waals surface area contributed by atoms with E-state index in [1.54, 1.807) is 12.1 Å². The number of nitrogens with two attached hydrogens (primary N) is 2. The van der Waals surface area contributed by atoms with Crippen LogP contribution in [0.3, 0.4) is 0 Å². The van der Waals surface area contributed by atoms with E-state index in [0.29, 0.717) is 0 Å². The number of amidine groups is 1. The van der Waals surface area contributed by atoms with Gasteiger partial charge in [-0.25, -0.2) is 15.4 Å². The summed E-state index contributed by atoms with van der Waals surface area (Å²) in [6.45, 7) is 7.64. The van der Waals surface area contributed by atoms with E-state index in [1.165, 1.54) is 13.1 Å². The van der Waals surface area contributed by atoms with Gasteiger partial charge in [-0.3, -0.25) is 0 Å². The van der Waals surface area contributed by atoms with Crippen LogP contribution in [-0.4, -0.2) is 36.3 Å². The first-order chi connectivity index (χ1) is 10.0. The zero-order valence-corrected chi connectivity index (χ0v) is 13.6. The molecule has 1 aromatic carbocycles. The van der Waals surface area contributed by atoms with Crippen molar-refractivity contribution in [1.29, 1.82) is 0 Å². The molecule has 0 amide bonds. The molecule has 0 aliphatic carbocycles. The molecule has 120 valence electrons. The topological polar surface area (TPSA) is 86.1 Å². The van der Waals surface area contributed by atoms with Gasteiger partial charge in [-0.2, -0.15) is 0 Å². The fraction of sp³-hybridized carbons (Fsp3) is 0.500. The van der Waals surface area contributed by atoms with Crippen LogP contribution in [0.25, 0.3) is 0 Å². The number of halogens is 1. The molecule has 1 fully saturated rings. The Bertz CT molecular complexity index is 589. The molecule has 0 aromatic heterocycles. The van der Waals surface area contributed by atoms with Crippen LogP contribution in [0.1, 0.15) is 33.3 Å². The average molecular weight is 308 g/mol. The summed E-state index contributed by atoms with van der Waals surface area (Å²) in [6.07, 6.45) is 0. The van der Waals surface area contributed by atoms with Gasteiger partial charge in [0.2, 0.25) is 0 Å². The molecule has 1 heterocycles. The lowest BCUT2D eigenvalue weighted by Gasteiger charge is -2.32. The molecule has 1 aromatic rings. The summed E-state index contributed by atoms with van der Waals surface area (Å²) >= 11 is 0. The predicted molar refractivity (Wildman–Crippen MR) is 84.8 cm³/mol. The van der Waals surface area contributed by atoms with Crippen LogP contribution in [-0.2, 0) is 9.31 Å². The van der Waals surface area contributed by atoms with Crippen molar-refractivity contribution >= 4 is 18.4 Å². The third-order valence-corrected chi connectivity index (χ3v) is 4.08. The van der Waals surface area contributed by atoms with Gasteiger partial charge in [0.15, 0.2) is 5.84 Å². The van der Waals surface area contributed by atoms with Crippen molar-refractivity contribution in [2.24, 2.45) is 16.7 Å². The third-order valence-electron chi connectivity index (χ3n) is 4.08. The summed E-state index contributed by atoms with van der Waals surface area (Å²) in [7, 11) is 0.705. The van der Waals surface area contributed by atoms with Gasteiger partial charge in [0.25, 0.3) is 0 Å². The minimum Gasteiger partial charge on any atom is -0.399 e. The van der Waals surface area contributed by atoms with E-state index < -0.39 is 24.1 Å². The molecule has 4 N–H and O–H groups in total. The lowest BCUT2D eigenvalue weighted by molar-refractivity contribution is 0.00578. The van der Waals surface area contributed by atoms with Crippen molar-refractivity contribution in [2.75, 3.05) is 7.05 Å². The Morgan fingerprint density at radius 2 is 1.77 bits per heavy atom. The number of rotatable bonds is 3. The highest BCUT2D eigenvalue weighted by molar-refractivity contribution is 6.62. The number of hydrogen-bond acceptors (Lipinski definition) is 5. The van der Waals surface area contributed by atoms with Gasteiger partial charge in [-0.05, 0) is 33.8 Å². The van der Waals surface area contributed by atoms with Crippen LogP contribution in [0.15, 0.2) is 23.3 Å². The van der Waals surface area contributed by atoms with Gasteiger partial charge >= 0.3 is 7.12 Å². The van der Waals surface area contributed by atoms with Gasteiger partial charge in [0.05, 0.1) is 16.8 Å². The normalized spacial score (nSPS) is 20.3. The zero-order chi connectivity index (χ0) is 16.7. The Morgan fingerprint density at radius 1 is 1.23 bits per heavy atom. The summed E-state index contributed by atoms with van der Waals surface area (Å²) in [5.41, 5.74) is 5.13. The lowest BCUT2D eigenvalue weighted by Crippen LogP contribution is -2.41. The van der Waals surface area contributed by atoms with E-state index in [0.717, 1.165) is 5.12 Å². The lowest BCUT2D eigenvalue weighted by atomic mass is 9.77. The highest BCUT2D eigenvalue weighted by Crippen LogP contribution is 2.36. The van der Waals surface area contributed by atoms with Crippen LogP contribution in [0, 0.1) is 5.82 Å². The SMILES string of the molecule is CN(N)/N=C(\N)c1cccc(B2OC(C)(C)C(C)(C)O2)c1F. The quantitative estimate of drug-likeness (QED) is 0.280. The molecule has 0 spiro atoms. The molecule has 0 bridgehead atoms. The highest BCUT2D eigenvalue weighted by atomic mass is 19.1. The maximum atomic E-state index is 14.7. The number of benzene rings is 1. The fourth-order valence-corrected chi connectivity index (χ4v) is 2.12. The van der Waals surface area contributed by atoms with Crippen molar-refractivity contribution in [1.82, 2.24) is 5.12 Å². The standard InChI is InChI=1S/C14H22BFN4O2/c1-13(2)14(3,4)22-15(21-13)10-8-6-7-9(11(10)16)12(17)19-20(5)18/h6-8H,18H2,1-5H3,(H2,17,19). The highest BCUT2D eigenvalue weighted by Gasteiger charge is 2.52. The first kappa shape index (κ1) is 16.7. The Kier molecular flexibility index (Phi) is 4.21. The molecule has 22 heavy (non-hydrogen) atoms. The molecule has 0 unspecified atom stereocenters. The Morgan fingerprint density at radius 3 is 2.27 bits per heavy atom. The Balaban J connectivity index is 2.39. The second kappa shape index (κ2) is 5.53. The van der Waals surface area contributed by atoms with Crippen molar-refractivity contribution in [3.05, 3.63) is 29.6 Å². The monoisotopic (exact) mass is 308 g/mol. The molecule has 0 saturated carbocycles. The van der Waals surface area contributed by atoms with Gasteiger partial charge in [0, 0.05) is 12.5 Å². The second-order valence-corrected chi connectivity index (χ2v) is 6.36. The van der Waals surface area contributed by atoms with Crippen molar-refractivity contribution in [2.45, 2.75) is 38.9 Å². The minimum atomic E-state index is -0.798. The first-order valence-corrected chi connectivity index (χ1v) is 7.02. The molecular weight excluding hydrogens is 286 g/mol. The van der Waals surface area contributed by atoms with E-state index >= 15 is 0 Å². The zero-order valence-electron chi connectivity index (χ0n) is 13.6. The maximum Gasteiger partial charge on any atom is 0.497 e. The summed E-state index contributed by atoms with van der Waals surface area (Å²) in [5.74, 6) is 4.87. The molecule has 8 heteroatoms. The summed E-state index contributed by atoms with van der Waals surface area (Å²) in [4.78, 5) is 0. The maximum absolute atomic E-state index is 14.7. The smallest absolute Gasteiger partial charge is 0.399 e. The van der Waals surface area contributed by atoms with E-state index in [9.17, 15) is 4.39 Å². The van der Waals surface area contributed by atoms with Crippen LogP contribution in [0.5, 0.6) is 0 Å². The molecule has 1 aliphatic rings. The number of hydrazone groups is 1. The Labute approximate surface area is 130 Å². The molecule has 0 atom stereocenters. The third kappa shape index (κ3) is 2.94. The van der Waals surface area contributed by atoms with Crippen LogP contribution >= 0.6 is 0 Å². The fourth-order valence-electron chi connectivity index (χ4n) is 2.12. The first-order valence-electron chi connectivity index (χ1n) is 7.02. The predicted octanol–water partition coefficient (Wildman–Crippen LogP) is 0.551. The van der Waals surface area contributed by atoms with Gasteiger partial charge in [-0.1, -0.05) is 12.1 Å². The largest absolute Gasteiger partial charge is 0.497 e. The van der Waals surface area contributed by atoms with Gasteiger partial charge < -0.3 is 15.0 Å². The number of hydrogen-bond donors (Lipinski definition) is 2. The Hall–Kier alpha value is -1.64. The van der Waals surface area contributed by atoms with Crippen LogP contribution < -0.4 is 17.0 Å². The summed E-state index contributed by atoms with van der Waals surface area (Å²) in [6, 6.07) is 4.82. The second-order valence-electron chi connectivity index (χ2n) is 6.36. The summed E-state index contributed by atoms with van der Waals surface area (Å²) in [5, 5.41) is 4.84. The number of hydrazine groups is 1. The van der Waals surface area contributed by atoms with Crippen LogP contribution in [0.2, 0.25) is 0 Å². The average Bonchev–Trinajstić information content (AvgIpc) is 2.57. The molecule has 0 radical (unpaired) electrons. The van der Waals surface area contributed by atoms with Crippen molar-refractivity contribution in [3.8, 4) is 0 Å². The van der Waals surface area contributed by atoms with E-state index in [-0.39, 0.29) is 16.9 Å². The van der Waals surface area contributed by atoms with Crippen molar-refractivity contribution < 1.29 is 13.7 Å². The molecule has 1 aliphatic heterocycles. The number of nitrogens with zero attached hydrogens (tertiary/aromatic N) is 2. The van der Waals surface area contributed by atoms with E-state index in [4.69, 9.17) is 20.9 Å². The molecule has 2 rings (SSSR count). The van der Waals surface area contributed by atoms with Crippen molar-refractivity contribution in [3.63, 3.8) is 0 Å². The van der Waals surface area contributed by atoms with E-state index in [1.807, 2.05) is 27.7 Å². The molecular formula is C14H22BFN4O2. The molecule has 6 nitrogen and oxygen atoms in total. The van der Waals surface area contributed by atoms with Gasteiger partial charge in [0.1, 0.15) is 5.82 Å². The molecule has 1 saturated heterocycles. The van der Waals surface area contributed by atoms with Crippen LogP contribution in [0.4, 0.5) is 4.39 Å². The summed E-state index contributed by atoms with van der Waals surface area (Å²) < 4.78 is 26.5. The van der Waals surface area contributed by atoms with Gasteiger partial charge in [-0.15, -0.1) is 5.10 Å². The minimum absolute atomic E-state index is 0.0131.